The van der Waals surface area contributed by atoms with E-state index in [0.717, 1.165) is 17.5 Å². The Hall–Kier alpha value is -3.06. The number of carbonyl (C=O) groups is 2. The van der Waals surface area contributed by atoms with E-state index in [1.54, 1.807) is 18.2 Å². The lowest BCUT2D eigenvalue weighted by Gasteiger charge is -2.33. The van der Waals surface area contributed by atoms with E-state index in [1.807, 2.05) is 18.2 Å². The van der Waals surface area contributed by atoms with E-state index in [1.165, 1.54) is 5.56 Å². The standard InChI is InChI=1S/C21H22N2O5/c24-19(22-11-14-5-6-17-18(9-14)28-13-27-17)20(25)23-12-21(26)8-7-15-3-1-2-4-16(15)10-21/h1-6,9,26H,7-8,10-13H2,(H,22,24)(H,23,25). The van der Waals surface area contributed by atoms with Gasteiger partial charge in [-0.3, -0.25) is 9.59 Å². The maximum Gasteiger partial charge on any atom is 0.309 e. The number of rotatable bonds is 4. The van der Waals surface area contributed by atoms with E-state index in [0.29, 0.717) is 24.3 Å². The fourth-order valence-corrected chi connectivity index (χ4v) is 3.57. The highest BCUT2D eigenvalue weighted by molar-refractivity contribution is 6.35. The summed E-state index contributed by atoms with van der Waals surface area (Å²) in [6.45, 7) is 0.416. The van der Waals surface area contributed by atoms with Crippen molar-refractivity contribution >= 4 is 11.8 Å². The minimum atomic E-state index is -1.04. The van der Waals surface area contributed by atoms with Crippen LogP contribution in [0.2, 0.25) is 0 Å². The lowest BCUT2D eigenvalue weighted by molar-refractivity contribution is -0.140. The molecule has 0 aromatic heterocycles. The van der Waals surface area contributed by atoms with Crippen molar-refractivity contribution in [3.8, 4) is 11.5 Å². The van der Waals surface area contributed by atoms with Crippen LogP contribution in [0.15, 0.2) is 42.5 Å². The topological polar surface area (TPSA) is 96.9 Å². The molecule has 2 aliphatic rings. The summed E-state index contributed by atoms with van der Waals surface area (Å²) in [5, 5.41) is 15.9. The molecule has 1 aliphatic heterocycles. The van der Waals surface area contributed by atoms with E-state index in [4.69, 9.17) is 9.47 Å². The molecule has 7 nitrogen and oxygen atoms in total. The van der Waals surface area contributed by atoms with Gasteiger partial charge >= 0.3 is 11.8 Å². The van der Waals surface area contributed by atoms with Gasteiger partial charge in [0, 0.05) is 19.5 Å². The number of nitrogens with one attached hydrogen (secondary N) is 2. The third kappa shape index (κ3) is 3.94. The third-order valence-corrected chi connectivity index (χ3v) is 5.17. The fourth-order valence-electron chi connectivity index (χ4n) is 3.57. The van der Waals surface area contributed by atoms with E-state index < -0.39 is 17.4 Å². The van der Waals surface area contributed by atoms with E-state index in [9.17, 15) is 14.7 Å². The van der Waals surface area contributed by atoms with Crippen molar-refractivity contribution in [1.29, 1.82) is 0 Å². The molecule has 0 fully saturated rings. The smallest absolute Gasteiger partial charge is 0.309 e. The van der Waals surface area contributed by atoms with Gasteiger partial charge in [0.05, 0.1) is 5.60 Å². The highest BCUT2D eigenvalue weighted by Crippen LogP contribution is 2.32. The van der Waals surface area contributed by atoms with Gasteiger partial charge in [0.2, 0.25) is 6.79 Å². The quantitative estimate of drug-likeness (QED) is 0.688. The molecule has 0 saturated carbocycles. The van der Waals surface area contributed by atoms with Gasteiger partial charge in [0.1, 0.15) is 0 Å². The van der Waals surface area contributed by atoms with Gasteiger partial charge in [-0.25, -0.2) is 0 Å². The highest BCUT2D eigenvalue weighted by atomic mass is 16.7. The van der Waals surface area contributed by atoms with Crippen molar-refractivity contribution < 1.29 is 24.2 Å². The van der Waals surface area contributed by atoms with Crippen LogP contribution < -0.4 is 20.1 Å². The zero-order valence-corrected chi connectivity index (χ0v) is 15.4. The molecule has 1 heterocycles. The monoisotopic (exact) mass is 382 g/mol. The summed E-state index contributed by atoms with van der Waals surface area (Å²) >= 11 is 0. The van der Waals surface area contributed by atoms with Crippen molar-refractivity contribution in [2.24, 2.45) is 0 Å². The van der Waals surface area contributed by atoms with Gasteiger partial charge in [0.25, 0.3) is 0 Å². The Morgan fingerprint density at radius 2 is 1.75 bits per heavy atom. The average Bonchev–Trinajstić information content (AvgIpc) is 3.18. The minimum absolute atomic E-state index is 0.0393. The SMILES string of the molecule is O=C(NCc1ccc2c(c1)OCO2)C(=O)NCC1(O)CCc2ccccc2C1. The Balaban J connectivity index is 1.27. The first kappa shape index (κ1) is 18.3. The Kier molecular flexibility index (Phi) is 4.92. The van der Waals surface area contributed by atoms with Crippen LogP contribution in [-0.4, -0.2) is 35.9 Å². The molecule has 146 valence electrons. The molecule has 0 bridgehead atoms. The zero-order valence-electron chi connectivity index (χ0n) is 15.4. The molecule has 0 radical (unpaired) electrons. The molecule has 1 atom stereocenters. The number of hydrogen-bond donors (Lipinski definition) is 3. The predicted octanol–water partition coefficient (Wildman–Crippen LogP) is 1.07. The maximum absolute atomic E-state index is 12.1. The van der Waals surface area contributed by atoms with Gasteiger partial charge in [-0.1, -0.05) is 30.3 Å². The second-order valence-corrected chi connectivity index (χ2v) is 7.22. The van der Waals surface area contributed by atoms with Crippen LogP contribution in [0.25, 0.3) is 0 Å². The van der Waals surface area contributed by atoms with Crippen LogP contribution in [0.4, 0.5) is 0 Å². The first-order chi connectivity index (χ1) is 13.5. The Morgan fingerprint density at radius 3 is 2.61 bits per heavy atom. The van der Waals surface area contributed by atoms with Crippen LogP contribution in [0.1, 0.15) is 23.1 Å². The summed E-state index contributed by atoms with van der Waals surface area (Å²) in [7, 11) is 0. The first-order valence-electron chi connectivity index (χ1n) is 9.26. The van der Waals surface area contributed by atoms with Crippen LogP contribution in [0.3, 0.4) is 0 Å². The van der Waals surface area contributed by atoms with Crippen LogP contribution in [0.5, 0.6) is 11.5 Å². The number of ether oxygens (including phenoxy) is 2. The molecule has 1 unspecified atom stereocenters. The van der Waals surface area contributed by atoms with Crippen molar-refractivity contribution in [1.82, 2.24) is 10.6 Å². The molecule has 4 rings (SSSR count). The number of benzene rings is 2. The van der Waals surface area contributed by atoms with E-state index in [-0.39, 0.29) is 19.9 Å². The summed E-state index contributed by atoms with van der Waals surface area (Å²) in [5.74, 6) is -0.211. The second-order valence-electron chi connectivity index (χ2n) is 7.22. The number of amides is 2. The van der Waals surface area contributed by atoms with Crippen molar-refractivity contribution in [2.45, 2.75) is 31.4 Å². The molecule has 7 heteroatoms. The van der Waals surface area contributed by atoms with Gasteiger partial charge in [-0.05, 0) is 41.7 Å². The molecule has 0 saturated heterocycles. The first-order valence-corrected chi connectivity index (χ1v) is 9.26. The molecule has 2 aromatic carbocycles. The summed E-state index contributed by atoms with van der Waals surface area (Å²) in [6.07, 6.45) is 1.75. The van der Waals surface area contributed by atoms with Crippen molar-refractivity contribution in [3.05, 3.63) is 59.2 Å². The lowest BCUT2D eigenvalue weighted by atomic mass is 9.80. The van der Waals surface area contributed by atoms with Crippen LogP contribution in [-0.2, 0) is 29.0 Å². The van der Waals surface area contributed by atoms with Crippen LogP contribution in [0, 0.1) is 0 Å². The van der Waals surface area contributed by atoms with E-state index in [2.05, 4.69) is 16.7 Å². The highest BCUT2D eigenvalue weighted by Gasteiger charge is 2.32. The predicted molar refractivity (Wildman–Crippen MR) is 101 cm³/mol. The van der Waals surface area contributed by atoms with Gasteiger partial charge in [-0.15, -0.1) is 0 Å². The number of carbonyl (C=O) groups excluding carboxylic acids is 2. The summed E-state index contributed by atoms with van der Waals surface area (Å²) in [5.41, 5.74) is 2.06. The van der Waals surface area contributed by atoms with Gasteiger partial charge < -0.3 is 25.2 Å². The van der Waals surface area contributed by atoms with Crippen molar-refractivity contribution in [3.63, 3.8) is 0 Å². The average molecular weight is 382 g/mol. The molecule has 0 spiro atoms. The summed E-state index contributed by atoms with van der Waals surface area (Å²) in [4.78, 5) is 24.2. The lowest BCUT2D eigenvalue weighted by Crippen LogP contribution is -2.50. The Bertz CT molecular complexity index is 913. The molecule has 2 amide bonds. The normalized spacial score (nSPS) is 19.6. The largest absolute Gasteiger partial charge is 0.454 e. The molecule has 1 aliphatic carbocycles. The number of hydrogen-bond acceptors (Lipinski definition) is 5. The zero-order chi connectivity index (χ0) is 19.6. The molecule has 28 heavy (non-hydrogen) atoms. The molecular weight excluding hydrogens is 360 g/mol. The van der Waals surface area contributed by atoms with Crippen LogP contribution >= 0.6 is 0 Å². The third-order valence-electron chi connectivity index (χ3n) is 5.17. The Morgan fingerprint density at radius 1 is 1.00 bits per heavy atom. The minimum Gasteiger partial charge on any atom is -0.454 e. The number of aryl methyl sites for hydroxylation is 1. The summed E-state index contributed by atoms with van der Waals surface area (Å²) in [6, 6.07) is 13.3. The van der Waals surface area contributed by atoms with Crippen molar-refractivity contribution in [2.75, 3.05) is 13.3 Å². The van der Waals surface area contributed by atoms with Gasteiger partial charge in [0.15, 0.2) is 11.5 Å². The Labute approximate surface area is 162 Å². The molecule has 3 N–H and O–H groups in total. The van der Waals surface area contributed by atoms with Gasteiger partial charge in [-0.2, -0.15) is 0 Å². The summed E-state index contributed by atoms with van der Waals surface area (Å²) < 4.78 is 10.5. The number of aliphatic hydroxyl groups is 1. The fraction of sp³-hybridized carbons (Fsp3) is 0.333. The number of fused-ring (bicyclic) bond motifs is 2. The maximum atomic E-state index is 12.1. The second kappa shape index (κ2) is 7.52. The molecule has 2 aromatic rings. The van der Waals surface area contributed by atoms with E-state index >= 15 is 0 Å². The molecular formula is C21H22N2O5.